The largest absolute Gasteiger partial charge is 0.385 e. The fourth-order valence-electron chi connectivity index (χ4n) is 3.76. The van der Waals surface area contributed by atoms with Crippen molar-refractivity contribution in [2.75, 3.05) is 13.1 Å². The second-order valence-corrected chi connectivity index (χ2v) is 8.34. The number of nitrogens with one attached hydrogen (secondary N) is 1. The van der Waals surface area contributed by atoms with E-state index in [0.717, 1.165) is 25.3 Å². The van der Waals surface area contributed by atoms with Crippen LogP contribution in [0.5, 0.6) is 0 Å². The van der Waals surface area contributed by atoms with Gasteiger partial charge in [-0.1, -0.05) is 90.2 Å². The summed E-state index contributed by atoms with van der Waals surface area (Å²) < 4.78 is 0. The first kappa shape index (κ1) is 24.2. The van der Waals surface area contributed by atoms with Crippen LogP contribution in [0.3, 0.4) is 0 Å². The molecule has 1 heterocycles. The summed E-state index contributed by atoms with van der Waals surface area (Å²) in [6.07, 6.45) is 24.3. The van der Waals surface area contributed by atoms with Crippen molar-refractivity contribution in [2.45, 2.75) is 116 Å². The molecular formula is C24H46N2O. The van der Waals surface area contributed by atoms with Gasteiger partial charge in [-0.15, -0.1) is 0 Å². The zero-order valence-corrected chi connectivity index (χ0v) is 18.2. The van der Waals surface area contributed by atoms with Crippen LogP contribution in [-0.4, -0.2) is 30.1 Å². The van der Waals surface area contributed by atoms with Crippen molar-refractivity contribution in [3.63, 3.8) is 0 Å². The maximum Gasteiger partial charge on any atom is 0.126 e. The number of hydrogen-bond acceptors (Lipinski definition) is 3. The standard InChI is InChI=1S/C24H46N2O/c1-3-4-5-6-7-8-9-10-11-12-13-14-15-16-17-18-19-22(2)23(27)24-25-20-21-26-24/h10-11,22-23,27H,3-9,12-21H2,1-2H3,(H,25,26)/b11-10-. The molecule has 1 aliphatic rings. The van der Waals surface area contributed by atoms with E-state index in [9.17, 15) is 5.11 Å². The molecule has 2 atom stereocenters. The predicted molar refractivity (Wildman–Crippen MR) is 120 cm³/mol. The molecule has 2 unspecified atom stereocenters. The van der Waals surface area contributed by atoms with Gasteiger partial charge in [0, 0.05) is 6.54 Å². The quantitative estimate of drug-likeness (QED) is 0.214. The first-order valence-electron chi connectivity index (χ1n) is 11.9. The topological polar surface area (TPSA) is 44.6 Å². The van der Waals surface area contributed by atoms with E-state index < -0.39 is 6.10 Å². The number of aliphatic imine (C=N–C) groups is 1. The van der Waals surface area contributed by atoms with E-state index in [0.29, 0.717) is 5.92 Å². The van der Waals surface area contributed by atoms with Crippen molar-refractivity contribution >= 4 is 5.84 Å². The molecule has 0 amide bonds. The van der Waals surface area contributed by atoms with E-state index in [-0.39, 0.29) is 0 Å². The second kappa shape index (κ2) is 17.3. The maximum absolute atomic E-state index is 10.2. The normalized spacial score (nSPS) is 16.5. The Morgan fingerprint density at radius 2 is 1.44 bits per heavy atom. The van der Waals surface area contributed by atoms with E-state index in [2.05, 4.69) is 36.3 Å². The number of aliphatic hydroxyl groups is 1. The van der Waals surface area contributed by atoms with Crippen molar-refractivity contribution in [3.8, 4) is 0 Å². The molecule has 0 aromatic heterocycles. The molecule has 0 radical (unpaired) electrons. The highest BCUT2D eigenvalue weighted by molar-refractivity contribution is 5.87. The SMILES string of the molecule is CCCCCCCC/C=C\CCCCCCCCC(C)C(O)C1=NCCN1. The summed E-state index contributed by atoms with van der Waals surface area (Å²) in [7, 11) is 0. The van der Waals surface area contributed by atoms with Gasteiger partial charge in [-0.25, -0.2) is 0 Å². The third kappa shape index (κ3) is 13.1. The molecule has 0 saturated carbocycles. The van der Waals surface area contributed by atoms with Crippen LogP contribution in [0, 0.1) is 5.92 Å². The molecule has 0 fully saturated rings. The molecule has 0 spiro atoms. The summed E-state index contributed by atoms with van der Waals surface area (Å²) in [5.41, 5.74) is 0. The highest BCUT2D eigenvalue weighted by atomic mass is 16.3. The number of unbranched alkanes of at least 4 members (excludes halogenated alkanes) is 12. The van der Waals surface area contributed by atoms with Gasteiger partial charge in [-0.05, 0) is 38.0 Å². The van der Waals surface area contributed by atoms with Crippen LogP contribution in [0.2, 0.25) is 0 Å². The highest BCUT2D eigenvalue weighted by Crippen LogP contribution is 2.17. The van der Waals surface area contributed by atoms with E-state index >= 15 is 0 Å². The summed E-state index contributed by atoms with van der Waals surface area (Å²) in [6.45, 7) is 6.12. The third-order valence-electron chi connectivity index (χ3n) is 5.69. The van der Waals surface area contributed by atoms with Crippen LogP contribution in [0.25, 0.3) is 0 Å². The molecule has 3 nitrogen and oxygen atoms in total. The van der Waals surface area contributed by atoms with Crippen molar-refractivity contribution in [3.05, 3.63) is 12.2 Å². The Labute approximate surface area is 169 Å². The smallest absolute Gasteiger partial charge is 0.126 e. The van der Waals surface area contributed by atoms with Gasteiger partial charge in [0.25, 0.3) is 0 Å². The minimum absolute atomic E-state index is 0.311. The number of nitrogens with zero attached hydrogens (tertiary/aromatic N) is 1. The zero-order chi connectivity index (χ0) is 19.6. The number of amidine groups is 1. The summed E-state index contributed by atoms with van der Waals surface area (Å²) in [5.74, 6) is 1.12. The molecule has 0 saturated heterocycles. The zero-order valence-electron chi connectivity index (χ0n) is 18.2. The Morgan fingerprint density at radius 1 is 0.889 bits per heavy atom. The number of aliphatic hydroxyl groups excluding tert-OH is 1. The molecule has 0 aromatic rings. The first-order chi connectivity index (χ1) is 13.3. The summed E-state index contributed by atoms with van der Waals surface area (Å²) >= 11 is 0. The van der Waals surface area contributed by atoms with Crippen LogP contribution in [0.15, 0.2) is 17.1 Å². The van der Waals surface area contributed by atoms with E-state index in [1.807, 2.05) is 0 Å². The van der Waals surface area contributed by atoms with Crippen LogP contribution in [0.4, 0.5) is 0 Å². The molecule has 2 N–H and O–H groups in total. The second-order valence-electron chi connectivity index (χ2n) is 8.34. The molecule has 0 aliphatic carbocycles. The number of allylic oxidation sites excluding steroid dienone is 2. The van der Waals surface area contributed by atoms with Gasteiger partial charge in [-0.3, -0.25) is 4.99 Å². The van der Waals surface area contributed by atoms with Crippen molar-refractivity contribution in [1.82, 2.24) is 5.32 Å². The fourth-order valence-corrected chi connectivity index (χ4v) is 3.76. The van der Waals surface area contributed by atoms with Gasteiger partial charge in [0.05, 0.1) is 6.54 Å². The summed E-state index contributed by atoms with van der Waals surface area (Å²) in [4.78, 5) is 4.33. The molecular weight excluding hydrogens is 332 g/mol. The van der Waals surface area contributed by atoms with Gasteiger partial charge in [0.15, 0.2) is 0 Å². The monoisotopic (exact) mass is 378 g/mol. The van der Waals surface area contributed by atoms with Crippen LogP contribution in [-0.2, 0) is 0 Å². The number of rotatable bonds is 18. The minimum Gasteiger partial charge on any atom is -0.385 e. The van der Waals surface area contributed by atoms with Crippen molar-refractivity contribution in [2.24, 2.45) is 10.9 Å². The third-order valence-corrected chi connectivity index (χ3v) is 5.69. The molecule has 0 aromatic carbocycles. The van der Waals surface area contributed by atoms with Crippen molar-refractivity contribution in [1.29, 1.82) is 0 Å². The lowest BCUT2D eigenvalue weighted by molar-refractivity contribution is 0.169. The van der Waals surface area contributed by atoms with E-state index in [1.165, 1.54) is 89.9 Å². The molecule has 1 aliphatic heterocycles. The average molecular weight is 379 g/mol. The predicted octanol–water partition coefficient (Wildman–Crippen LogP) is 6.41. The fraction of sp³-hybridized carbons (Fsp3) is 0.875. The number of hydrogen-bond donors (Lipinski definition) is 2. The van der Waals surface area contributed by atoms with Gasteiger partial charge < -0.3 is 10.4 Å². The highest BCUT2D eigenvalue weighted by Gasteiger charge is 2.21. The van der Waals surface area contributed by atoms with Crippen LogP contribution >= 0.6 is 0 Å². The lowest BCUT2D eigenvalue weighted by atomic mass is 9.96. The molecule has 3 heteroatoms. The minimum atomic E-state index is -0.393. The van der Waals surface area contributed by atoms with Gasteiger partial charge >= 0.3 is 0 Å². The lowest BCUT2D eigenvalue weighted by Gasteiger charge is -2.19. The van der Waals surface area contributed by atoms with E-state index in [1.54, 1.807) is 0 Å². The lowest BCUT2D eigenvalue weighted by Crippen LogP contribution is -2.35. The molecule has 0 bridgehead atoms. The maximum atomic E-state index is 10.2. The van der Waals surface area contributed by atoms with Gasteiger partial charge in [0.1, 0.15) is 11.9 Å². The summed E-state index contributed by atoms with van der Waals surface area (Å²) in [5, 5.41) is 13.4. The average Bonchev–Trinajstić information content (AvgIpc) is 3.21. The summed E-state index contributed by atoms with van der Waals surface area (Å²) in [6, 6.07) is 0. The molecule has 158 valence electrons. The van der Waals surface area contributed by atoms with Gasteiger partial charge in [0.2, 0.25) is 0 Å². The van der Waals surface area contributed by atoms with Crippen LogP contribution < -0.4 is 5.32 Å². The van der Waals surface area contributed by atoms with Crippen LogP contribution in [0.1, 0.15) is 110 Å². The Kier molecular flexibility index (Phi) is 15.5. The Morgan fingerprint density at radius 3 is 2.00 bits per heavy atom. The Balaban J connectivity index is 1.81. The van der Waals surface area contributed by atoms with Gasteiger partial charge in [-0.2, -0.15) is 0 Å². The molecule has 1 rings (SSSR count). The Hall–Kier alpha value is -0.830. The van der Waals surface area contributed by atoms with Crippen molar-refractivity contribution < 1.29 is 5.11 Å². The Bertz CT molecular complexity index is 392. The molecule has 27 heavy (non-hydrogen) atoms. The van der Waals surface area contributed by atoms with E-state index in [4.69, 9.17) is 0 Å². The first-order valence-corrected chi connectivity index (χ1v) is 11.9.